The molecule has 8 N–H and O–H groups in total. The number of benzene rings is 2. The Bertz CT molecular complexity index is 2600. The van der Waals surface area contributed by atoms with E-state index in [1.165, 1.54) is 10.9 Å². The van der Waals surface area contributed by atoms with Gasteiger partial charge in [-0.05, 0) is 30.7 Å². The lowest BCUT2D eigenvalue weighted by molar-refractivity contribution is -0.120. The Balaban J connectivity index is 1.02. The first-order valence-electron chi connectivity index (χ1n) is 17.3. The fourth-order valence-electron chi connectivity index (χ4n) is 6.02. The molecule has 310 valence electrons. The predicted octanol–water partition coefficient (Wildman–Crippen LogP) is 2.14. The van der Waals surface area contributed by atoms with Gasteiger partial charge in [0.25, 0.3) is 0 Å². The maximum Gasteiger partial charge on any atom is 0.490 e. The van der Waals surface area contributed by atoms with E-state index in [1.807, 2.05) is 39.3 Å². The number of nitrogens with one attached hydrogen (secondary N) is 1. The van der Waals surface area contributed by atoms with Gasteiger partial charge in [0.1, 0.15) is 44.2 Å². The minimum atomic E-state index is -5.73. The van der Waals surface area contributed by atoms with Gasteiger partial charge in [0.05, 0.1) is 51.0 Å². The van der Waals surface area contributed by atoms with Gasteiger partial charge in [0.2, 0.25) is 11.3 Å². The Labute approximate surface area is 334 Å². The minimum Gasteiger partial charge on any atom is -0.390 e. The summed E-state index contributed by atoms with van der Waals surface area (Å²) in [7, 11) is -10.8. The predicted molar refractivity (Wildman–Crippen MR) is 212 cm³/mol. The zero-order valence-corrected chi connectivity index (χ0v) is 34.6. The van der Waals surface area contributed by atoms with Gasteiger partial charge in [-0.15, -0.1) is 11.3 Å². The number of nitrogens with zero attached hydrogens (tertiary/aromatic N) is 6. The molecule has 1 amide bonds. The Kier molecular flexibility index (Phi) is 13.2. The zero-order chi connectivity index (χ0) is 42.0. The Morgan fingerprint density at radius 3 is 2.64 bits per heavy atom. The highest BCUT2D eigenvalue weighted by atomic mass is 32.1. The number of fused-ring (bicyclic) bond motifs is 3. The molecule has 0 saturated carbocycles. The molecule has 6 rings (SSSR count). The largest absolute Gasteiger partial charge is 0.490 e. The van der Waals surface area contributed by atoms with Crippen LogP contribution in [0.25, 0.3) is 31.8 Å². The van der Waals surface area contributed by atoms with E-state index in [0.29, 0.717) is 23.9 Å². The molecule has 0 radical (unpaired) electrons. The maximum atomic E-state index is 12.7. The van der Waals surface area contributed by atoms with Crippen molar-refractivity contribution in [2.45, 2.75) is 37.7 Å². The van der Waals surface area contributed by atoms with Crippen molar-refractivity contribution >= 4 is 73.5 Å². The van der Waals surface area contributed by atoms with E-state index in [-0.39, 0.29) is 36.8 Å². The quantitative estimate of drug-likeness (QED) is 0.0364. The van der Waals surface area contributed by atoms with E-state index in [0.717, 1.165) is 31.8 Å². The highest BCUT2D eigenvalue weighted by Gasteiger charge is 2.43. The van der Waals surface area contributed by atoms with Gasteiger partial charge in [-0.25, -0.2) is 33.2 Å². The number of aliphatic hydroxyl groups is 1. The molecule has 4 heterocycles. The van der Waals surface area contributed by atoms with Crippen LogP contribution in [0.4, 0.5) is 11.5 Å². The summed E-state index contributed by atoms with van der Waals surface area (Å²) < 4.78 is 57.1. The van der Waals surface area contributed by atoms with Crippen LogP contribution >= 0.6 is 34.8 Å². The van der Waals surface area contributed by atoms with Gasteiger partial charge >= 0.3 is 23.5 Å². The number of ether oxygens (including phenoxy) is 1. The molecule has 0 bridgehead atoms. The third-order valence-corrected chi connectivity index (χ3v) is 13.7. The number of nitrogens with two attached hydrogens (primary N) is 1. The van der Waals surface area contributed by atoms with Crippen LogP contribution in [-0.4, -0.2) is 103 Å². The fourth-order valence-corrected chi connectivity index (χ4v) is 10.1. The van der Waals surface area contributed by atoms with Crippen molar-refractivity contribution in [3.63, 3.8) is 0 Å². The van der Waals surface area contributed by atoms with Crippen LogP contribution in [0, 0.1) is 11.8 Å². The number of nitrogen functional groups attached to an aromatic ring is 1. The van der Waals surface area contributed by atoms with Gasteiger partial charge in [-0.2, -0.15) is 8.62 Å². The van der Waals surface area contributed by atoms with Crippen LogP contribution in [0.1, 0.15) is 31.1 Å². The van der Waals surface area contributed by atoms with Gasteiger partial charge in [0.15, 0.2) is 0 Å². The second-order valence-corrected chi connectivity index (χ2v) is 18.7. The summed E-state index contributed by atoms with van der Waals surface area (Å²) in [6.07, 6.45) is 0.0435. The number of carbonyl (C=O) groups is 1. The van der Waals surface area contributed by atoms with Gasteiger partial charge in [0, 0.05) is 50.5 Å². The number of hydrogen-bond acceptors (Lipinski definition) is 15. The molecular formula is C33H40N8O13P3S+. The van der Waals surface area contributed by atoms with Crippen LogP contribution in [0.5, 0.6) is 0 Å². The molecule has 0 spiro atoms. The standard InChI is InChI=1S/C33H39N8O13P3S/c1-39(2)21-8-10-23-27(14-21)58-28-15-22(9-11-24(28)38-23)40(3)13-5-7-29(43)35-12-4-6-20-17-41(33-31(20)32(34)36-19-37-33)30-16-25(42)26(52-30)18-51-56(47,48)54-57(49,50)53-55(44,45)46/h8-11,14-15,17,19,25-26,30,42H,5,7,12-13,16,18H2,1-3H3,(H6-,34,35,36,37,43,44,45,46,47,48,49,50)/p+1/t25?,26-,30-/m1/s1. The van der Waals surface area contributed by atoms with Crippen molar-refractivity contribution < 1.29 is 61.1 Å². The first-order valence-corrected chi connectivity index (χ1v) is 22.7. The van der Waals surface area contributed by atoms with Crippen LogP contribution in [0.15, 0.2) is 48.9 Å². The Morgan fingerprint density at radius 2 is 1.90 bits per heavy atom. The number of aromatic nitrogens is 4. The second-order valence-electron chi connectivity index (χ2n) is 13.2. The number of phosphoric acid groups is 3. The number of aliphatic hydroxyl groups excluding tert-OH is 1. The molecule has 5 atom stereocenters. The lowest BCUT2D eigenvalue weighted by Crippen LogP contribution is -2.26. The first kappa shape index (κ1) is 43.4. The summed E-state index contributed by atoms with van der Waals surface area (Å²) >= 11 is 1.68. The highest BCUT2D eigenvalue weighted by Crippen LogP contribution is 2.66. The molecule has 3 aromatic rings. The molecule has 1 aliphatic carbocycles. The molecule has 25 heteroatoms. The lowest BCUT2D eigenvalue weighted by atomic mass is 10.2. The molecule has 1 fully saturated rings. The average molecular weight is 882 g/mol. The third-order valence-electron chi connectivity index (χ3n) is 8.77. The van der Waals surface area contributed by atoms with Gasteiger partial charge < -0.3 is 49.9 Å². The van der Waals surface area contributed by atoms with E-state index in [9.17, 15) is 33.4 Å². The van der Waals surface area contributed by atoms with Crippen molar-refractivity contribution in [3.8, 4) is 22.4 Å². The van der Waals surface area contributed by atoms with Crippen molar-refractivity contribution in [1.29, 1.82) is 0 Å². The van der Waals surface area contributed by atoms with Crippen LogP contribution in [0.3, 0.4) is 0 Å². The summed E-state index contributed by atoms with van der Waals surface area (Å²) in [6, 6.07) is 12.3. The minimum absolute atomic E-state index is 0.0266. The second kappa shape index (κ2) is 17.6. The van der Waals surface area contributed by atoms with Crippen LogP contribution in [-0.2, 0) is 36.4 Å². The number of hydrogen-bond donors (Lipinski definition) is 7. The summed E-state index contributed by atoms with van der Waals surface area (Å²) in [5.74, 6) is 5.77. The fraction of sp³-hybridized carbons (Fsp3) is 0.364. The van der Waals surface area contributed by atoms with Crippen LogP contribution < -0.4 is 25.9 Å². The third kappa shape index (κ3) is 10.9. The van der Waals surface area contributed by atoms with E-state index in [4.69, 9.17) is 25.2 Å². The summed E-state index contributed by atoms with van der Waals surface area (Å²) in [5.41, 5.74) is 9.69. The topological polar surface area (TPSA) is 294 Å². The molecule has 3 aliphatic rings. The number of carbonyl (C=O) groups excluding carboxylic acids is 1. The van der Waals surface area contributed by atoms with Crippen molar-refractivity contribution in [3.05, 3.63) is 59.8 Å². The summed E-state index contributed by atoms with van der Waals surface area (Å²) in [4.78, 5) is 65.5. The van der Waals surface area contributed by atoms with Gasteiger partial charge in [-0.1, -0.05) is 11.8 Å². The SMILES string of the molecule is CN(CCCC(=O)NCC#Cc1cn([C@H]2CC(O)[C@@H](COP(=O)(O)OP(=O)(O)OP(=O)(O)O)O2)c2ncnc(N)c12)c1ccc2nc3ccc(=[N+](C)C)cc-3sc2c1. The molecule has 2 aliphatic heterocycles. The molecule has 58 heavy (non-hydrogen) atoms. The maximum absolute atomic E-state index is 12.7. The molecule has 21 nitrogen and oxygen atoms in total. The van der Waals surface area contributed by atoms with E-state index in [1.54, 1.807) is 17.5 Å². The average Bonchev–Trinajstić information content (AvgIpc) is 3.69. The normalized spacial score (nSPS) is 19.1. The summed E-state index contributed by atoms with van der Waals surface area (Å²) in [6.45, 7) is -0.187. The smallest absolute Gasteiger partial charge is 0.390 e. The summed E-state index contributed by atoms with van der Waals surface area (Å²) in [5, 5.41) is 14.9. The van der Waals surface area contributed by atoms with Crippen molar-refractivity contribution in [1.82, 2.24) is 29.4 Å². The van der Waals surface area contributed by atoms with Crippen molar-refractivity contribution in [2.75, 3.05) is 51.5 Å². The Morgan fingerprint density at radius 1 is 1.12 bits per heavy atom. The molecular weight excluding hydrogens is 841 g/mol. The Hall–Kier alpha value is -4.16. The van der Waals surface area contributed by atoms with E-state index >= 15 is 0 Å². The highest BCUT2D eigenvalue weighted by molar-refractivity contribution is 7.66. The molecule has 1 saturated heterocycles. The molecule has 1 aromatic carbocycles. The van der Waals surface area contributed by atoms with Gasteiger partial charge in [-0.3, -0.25) is 9.32 Å². The molecule has 3 unspecified atom stereocenters. The van der Waals surface area contributed by atoms with Crippen molar-refractivity contribution in [2.24, 2.45) is 0 Å². The monoisotopic (exact) mass is 881 g/mol. The van der Waals surface area contributed by atoms with E-state index in [2.05, 4.69) is 67.9 Å². The molecule has 2 aromatic heterocycles. The lowest BCUT2D eigenvalue weighted by Gasteiger charge is -2.19. The number of amides is 1. The number of phosphoric ester groups is 1. The van der Waals surface area contributed by atoms with E-state index < -0.39 is 48.5 Å². The first-order chi connectivity index (χ1) is 27.3. The number of rotatable bonds is 14. The number of anilines is 2. The van der Waals surface area contributed by atoms with Crippen LogP contribution in [0.2, 0.25) is 0 Å². The zero-order valence-electron chi connectivity index (χ0n) is 31.1.